The van der Waals surface area contributed by atoms with Crippen molar-refractivity contribution in [2.45, 2.75) is 13.1 Å². The molecule has 4 nitrogen and oxygen atoms in total. The smallest absolute Gasteiger partial charge is 0.255 e. The van der Waals surface area contributed by atoms with Crippen molar-refractivity contribution in [1.82, 2.24) is 15.1 Å². The molecular formula is C22H18FN3OS. The molecule has 140 valence electrons. The summed E-state index contributed by atoms with van der Waals surface area (Å²) >= 11 is 1.53. The number of hydrogen-bond donors (Lipinski definition) is 1. The average Bonchev–Trinajstić information content (AvgIpc) is 3.38. The Morgan fingerprint density at radius 3 is 2.57 bits per heavy atom. The molecule has 1 N–H and O–H groups in total. The minimum Gasteiger partial charge on any atom is -0.348 e. The van der Waals surface area contributed by atoms with E-state index >= 15 is 0 Å². The van der Waals surface area contributed by atoms with Crippen molar-refractivity contribution in [3.8, 4) is 10.6 Å². The van der Waals surface area contributed by atoms with E-state index in [1.54, 1.807) is 29.1 Å². The third-order valence-electron chi connectivity index (χ3n) is 4.35. The fourth-order valence-electron chi connectivity index (χ4n) is 2.95. The highest BCUT2D eigenvalue weighted by atomic mass is 32.1. The lowest BCUT2D eigenvalue weighted by atomic mass is 10.2. The van der Waals surface area contributed by atoms with E-state index in [0.717, 1.165) is 10.4 Å². The van der Waals surface area contributed by atoms with Crippen LogP contribution in [0.2, 0.25) is 0 Å². The molecule has 0 fully saturated rings. The Bertz CT molecular complexity index is 1070. The molecule has 0 saturated heterocycles. The van der Waals surface area contributed by atoms with Crippen LogP contribution in [0.1, 0.15) is 21.5 Å². The monoisotopic (exact) mass is 391 g/mol. The summed E-state index contributed by atoms with van der Waals surface area (Å²) in [5.41, 5.74) is 2.66. The lowest BCUT2D eigenvalue weighted by molar-refractivity contribution is 0.0951. The number of rotatable bonds is 6. The molecule has 4 rings (SSSR count). The van der Waals surface area contributed by atoms with Crippen molar-refractivity contribution in [2.75, 3.05) is 0 Å². The Balaban J connectivity index is 1.59. The SMILES string of the molecule is O=C(NCc1ccccc1F)c1cn(Cc2ccccc2)nc1-c1cccs1. The predicted molar refractivity (Wildman–Crippen MR) is 109 cm³/mol. The predicted octanol–water partition coefficient (Wildman–Crippen LogP) is 4.73. The number of amides is 1. The third kappa shape index (κ3) is 4.02. The van der Waals surface area contributed by atoms with Crippen molar-refractivity contribution in [1.29, 1.82) is 0 Å². The van der Waals surface area contributed by atoms with Crippen molar-refractivity contribution >= 4 is 17.2 Å². The van der Waals surface area contributed by atoms with Crippen LogP contribution in [0.3, 0.4) is 0 Å². The van der Waals surface area contributed by atoms with E-state index < -0.39 is 0 Å². The standard InChI is InChI=1S/C22H18FN3OS/c23-19-10-5-4-9-17(19)13-24-22(27)18-15-26(14-16-7-2-1-3-8-16)25-21(18)20-11-6-12-28-20/h1-12,15H,13-14H2,(H,24,27). The molecule has 0 aliphatic carbocycles. The number of benzene rings is 2. The van der Waals surface area contributed by atoms with Crippen LogP contribution in [0.4, 0.5) is 4.39 Å². The maximum absolute atomic E-state index is 13.8. The van der Waals surface area contributed by atoms with E-state index in [-0.39, 0.29) is 18.3 Å². The van der Waals surface area contributed by atoms with E-state index in [0.29, 0.717) is 23.4 Å². The Hall–Kier alpha value is -3.25. The van der Waals surface area contributed by atoms with Crippen LogP contribution in [-0.4, -0.2) is 15.7 Å². The first-order valence-corrected chi connectivity index (χ1v) is 9.75. The van der Waals surface area contributed by atoms with Crippen LogP contribution in [0, 0.1) is 5.82 Å². The Morgan fingerprint density at radius 2 is 1.82 bits per heavy atom. The lowest BCUT2D eigenvalue weighted by Crippen LogP contribution is -2.23. The average molecular weight is 391 g/mol. The summed E-state index contributed by atoms with van der Waals surface area (Å²) in [5, 5.41) is 9.39. The molecule has 6 heteroatoms. The van der Waals surface area contributed by atoms with E-state index in [1.165, 1.54) is 17.4 Å². The molecule has 2 heterocycles. The zero-order valence-electron chi connectivity index (χ0n) is 15.0. The number of halogens is 1. The summed E-state index contributed by atoms with van der Waals surface area (Å²) in [6.45, 7) is 0.694. The molecule has 0 bridgehead atoms. The van der Waals surface area contributed by atoms with Crippen LogP contribution in [0.5, 0.6) is 0 Å². The van der Waals surface area contributed by atoms with Crippen LogP contribution in [0.15, 0.2) is 78.3 Å². The third-order valence-corrected chi connectivity index (χ3v) is 5.22. The highest BCUT2D eigenvalue weighted by Gasteiger charge is 2.19. The van der Waals surface area contributed by atoms with Gasteiger partial charge in [-0.1, -0.05) is 54.6 Å². The molecule has 1 amide bonds. The zero-order valence-corrected chi connectivity index (χ0v) is 15.8. The van der Waals surface area contributed by atoms with Crippen molar-refractivity contribution in [3.05, 3.63) is 101 Å². The topological polar surface area (TPSA) is 46.9 Å². The van der Waals surface area contributed by atoms with Crippen molar-refractivity contribution in [3.63, 3.8) is 0 Å². The summed E-state index contributed by atoms with van der Waals surface area (Å²) in [6, 6.07) is 20.2. The van der Waals surface area contributed by atoms with E-state index in [2.05, 4.69) is 10.4 Å². The van der Waals surface area contributed by atoms with E-state index in [1.807, 2.05) is 47.8 Å². The second-order valence-corrected chi connectivity index (χ2v) is 7.27. The van der Waals surface area contributed by atoms with Gasteiger partial charge >= 0.3 is 0 Å². The van der Waals surface area contributed by atoms with Gasteiger partial charge in [-0.25, -0.2) is 4.39 Å². The van der Waals surface area contributed by atoms with Crippen LogP contribution in [-0.2, 0) is 13.1 Å². The summed E-state index contributed by atoms with van der Waals surface area (Å²) < 4.78 is 15.6. The summed E-state index contributed by atoms with van der Waals surface area (Å²) in [6.07, 6.45) is 1.75. The molecule has 28 heavy (non-hydrogen) atoms. The minimum atomic E-state index is -0.332. The van der Waals surface area contributed by atoms with Gasteiger partial charge in [-0.15, -0.1) is 11.3 Å². The molecule has 0 spiro atoms. The van der Waals surface area contributed by atoms with Crippen LogP contribution in [0.25, 0.3) is 10.6 Å². The highest BCUT2D eigenvalue weighted by Crippen LogP contribution is 2.27. The number of carbonyl (C=O) groups excluding carboxylic acids is 1. The van der Waals surface area contributed by atoms with Gasteiger partial charge in [-0.2, -0.15) is 5.10 Å². The molecule has 2 aromatic heterocycles. The van der Waals surface area contributed by atoms with Gasteiger partial charge in [-0.3, -0.25) is 9.48 Å². The molecular weight excluding hydrogens is 373 g/mol. The first kappa shape index (κ1) is 18.1. The lowest BCUT2D eigenvalue weighted by Gasteiger charge is -2.06. The second-order valence-electron chi connectivity index (χ2n) is 6.33. The Morgan fingerprint density at radius 1 is 1.04 bits per heavy atom. The summed E-state index contributed by atoms with van der Waals surface area (Å²) in [5.74, 6) is -0.605. The highest BCUT2D eigenvalue weighted by molar-refractivity contribution is 7.13. The van der Waals surface area contributed by atoms with Gasteiger partial charge in [0.05, 0.1) is 17.0 Å². The van der Waals surface area contributed by atoms with Gasteiger partial charge in [0, 0.05) is 18.3 Å². The molecule has 4 aromatic rings. The molecule has 0 radical (unpaired) electrons. The second kappa shape index (κ2) is 8.19. The molecule has 0 aliphatic heterocycles. The minimum absolute atomic E-state index is 0.124. The number of thiophene rings is 1. The number of carbonyl (C=O) groups is 1. The fraction of sp³-hybridized carbons (Fsp3) is 0.0909. The van der Waals surface area contributed by atoms with E-state index in [4.69, 9.17) is 0 Å². The summed E-state index contributed by atoms with van der Waals surface area (Å²) in [7, 11) is 0. The molecule has 0 unspecified atom stereocenters. The van der Waals surface area contributed by atoms with Gasteiger partial charge < -0.3 is 5.32 Å². The molecule has 2 aromatic carbocycles. The normalized spacial score (nSPS) is 10.8. The first-order chi connectivity index (χ1) is 13.7. The van der Waals surface area contributed by atoms with Gasteiger partial charge in [0.25, 0.3) is 5.91 Å². The number of hydrogen-bond acceptors (Lipinski definition) is 3. The van der Waals surface area contributed by atoms with Crippen molar-refractivity contribution < 1.29 is 9.18 Å². The van der Waals surface area contributed by atoms with Crippen LogP contribution >= 0.6 is 11.3 Å². The van der Waals surface area contributed by atoms with Gasteiger partial charge in [0.1, 0.15) is 11.5 Å². The fourth-order valence-corrected chi connectivity index (χ4v) is 3.67. The van der Waals surface area contributed by atoms with Gasteiger partial charge in [0.2, 0.25) is 0 Å². The maximum atomic E-state index is 13.8. The van der Waals surface area contributed by atoms with Gasteiger partial charge in [-0.05, 0) is 23.1 Å². The molecule has 0 atom stereocenters. The van der Waals surface area contributed by atoms with Crippen molar-refractivity contribution in [2.24, 2.45) is 0 Å². The summed E-state index contributed by atoms with van der Waals surface area (Å²) in [4.78, 5) is 13.7. The number of aromatic nitrogens is 2. The zero-order chi connectivity index (χ0) is 19.3. The molecule has 0 saturated carbocycles. The van der Waals surface area contributed by atoms with Gasteiger partial charge in [0.15, 0.2) is 0 Å². The first-order valence-electron chi connectivity index (χ1n) is 8.87. The quantitative estimate of drug-likeness (QED) is 0.517. The molecule has 0 aliphatic rings. The number of nitrogens with zero attached hydrogens (tertiary/aromatic N) is 2. The largest absolute Gasteiger partial charge is 0.348 e. The number of nitrogens with one attached hydrogen (secondary N) is 1. The Kier molecular flexibility index (Phi) is 5.30. The Labute approximate surface area is 166 Å². The van der Waals surface area contributed by atoms with E-state index in [9.17, 15) is 9.18 Å². The maximum Gasteiger partial charge on any atom is 0.255 e. The van der Waals surface area contributed by atoms with Crippen LogP contribution < -0.4 is 5.32 Å².